The van der Waals surface area contributed by atoms with Crippen molar-refractivity contribution in [3.05, 3.63) is 12.5 Å². The van der Waals surface area contributed by atoms with E-state index in [0.717, 1.165) is 6.42 Å². The molecule has 9 heteroatoms. The molecule has 20 heavy (non-hydrogen) atoms. The average molecular weight is 321 g/mol. The van der Waals surface area contributed by atoms with E-state index in [9.17, 15) is 16.8 Å². The third kappa shape index (κ3) is 3.21. The number of hydrogen-bond acceptors (Lipinski definition) is 5. The highest BCUT2D eigenvalue weighted by atomic mass is 32.2. The summed E-state index contributed by atoms with van der Waals surface area (Å²) in [6.45, 7) is 2.30. The summed E-state index contributed by atoms with van der Waals surface area (Å²) in [6.07, 6.45) is 4.45. The molecule has 1 N–H and O–H groups in total. The number of sulfonamides is 1. The third-order valence-electron chi connectivity index (χ3n) is 3.41. The number of hydrogen-bond donors (Lipinski definition) is 1. The first-order valence-corrected chi connectivity index (χ1v) is 9.83. The van der Waals surface area contributed by atoms with Gasteiger partial charge in [0.25, 0.3) is 10.0 Å². The van der Waals surface area contributed by atoms with Crippen LogP contribution in [-0.2, 0) is 19.9 Å². The van der Waals surface area contributed by atoms with Gasteiger partial charge in [-0.2, -0.15) is 4.31 Å². The van der Waals surface area contributed by atoms with Gasteiger partial charge in [0.1, 0.15) is 0 Å². The van der Waals surface area contributed by atoms with Gasteiger partial charge in [-0.05, 0) is 12.8 Å². The highest BCUT2D eigenvalue weighted by molar-refractivity contribution is 7.92. The van der Waals surface area contributed by atoms with Gasteiger partial charge in [0, 0.05) is 12.6 Å². The maximum Gasteiger partial charge on any atom is 0.260 e. The van der Waals surface area contributed by atoms with E-state index >= 15 is 0 Å². The van der Waals surface area contributed by atoms with Gasteiger partial charge in [-0.25, -0.2) is 21.8 Å². The van der Waals surface area contributed by atoms with Crippen molar-refractivity contribution in [2.24, 2.45) is 0 Å². The van der Waals surface area contributed by atoms with Gasteiger partial charge in [0.15, 0.2) is 14.9 Å². The molecule has 1 aromatic rings. The lowest BCUT2D eigenvalue weighted by molar-refractivity contribution is 0.334. The predicted octanol–water partition coefficient (Wildman–Crippen LogP) is 0.388. The largest absolute Gasteiger partial charge is 0.335 e. The van der Waals surface area contributed by atoms with Crippen LogP contribution in [0.3, 0.4) is 0 Å². The Balaban J connectivity index is 2.29. The minimum atomic E-state index is -3.71. The molecule has 1 aliphatic rings. The number of nitrogens with zero attached hydrogens (tertiary/aromatic N) is 2. The van der Waals surface area contributed by atoms with Crippen LogP contribution in [-0.4, -0.2) is 55.2 Å². The molecule has 1 saturated heterocycles. The van der Waals surface area contributed by atoms with E-state index in [1.165, 1.54) is 16.8 Å². The van der Waals surface area contributed by atoms with E-state index in [4.69, 9.17) is 0 Å². The van der Waals surface area contributed by atoms with Gasteiger partial charge in [0.2, 0.25) is 0 Å². The van der Waals surface area contributed by atoms with Crippen LogP contribution >= 0.6 is 0 Å². The Bertz CT molecular complexity index is 637. The second-order valence-electron chi connectivity index (χ2n) is 4.94. The van der Waals surface area contributed by atoms with Crippen molar-refractivity contribution in [1.29, 1.82) is 0 Å². The molecule has 0 spiro atoms. The summed E-state index contributed by atoms with van der Waals surface area (Å²) in [6, 6.07) is -0.472. The fraction of sp³-hybridized carbons (Fsp3) is 0.727. The van der Waals surface area contributed by atoms with Crippen molar-refractivity contribution in [3.63, 3.8) is 0 Å². The summed E-state index contributed by atoms with van der Waals surface area (Å²) in [5.74, 6) is -0.0388. The van der Waals surface area contributed by atoms with Crippen LogP contribution in [0.15, 0.2) is 17.6 Å². The van der Waals surface area contributed by atoms with Gasteiger partial charge in [0.05, 0.1) is 24.0 Å². The van der Waals surface area contributed by atoms with Gasteiger partial charge in [-0.1, -0.05) is 13.3 Å². The Kier molecular flexibility index (Phi) is 4.50. The molecule has 0 saturated carbocycles. The monoisotopic (exact) mass is 321 g/mol. The molecule has 1 atom stereocenters. The SMILES string of the molecule is CCCCN(C1CCS(=O)(=O)C1)S(=O)(=O)c1cnc[nH]1. The maximum atomic E-state index is 12.6. The van der Waals surface area contributed by atoms with E-state index in [0.29, 0.717) is 19.4 Å². The molecule has 1 unspecified atom stereocenters. The summed E-state index contributed by atoms with van der Waals surface area (Å²) in [7, 11) is -6.84. The van der Waals surface area contributed by atoms with E-state index in [1.807, 2.05) is 6.92 Å². The molecule has 0 aromatic carbocycles. The molecule has 1 aromatic heterocycles. The van der Waals surface area contributed by atoms with Crippen molar-refractivity contribution in [1.82, 2.24) is 14.3 Å². The maximum absolute atomic E-state index is 12.6. The Morgan fingerprint density at radius 2 is 2.25 bits per heavy atom. The Morgan fingerprint density at radius 3 is 2.75 bits per heavy atom. The molecule has 1 aliphatic heterocycles. The first-order valence-electron chi connectivity index (χ1n) is 6.57. The van der Waals surface area contributed by atoms with Crippen LogP contribution in [0.4, 0.5) is 0 Å². The zero-order valence-electron chi connectivity index (χ0n) is 11.3. The van der Waals surface area contributed by atoms with Gasteiger partial charge < -0.3 is 4.98 Å². The molecular weight excluding hydrogens is 302 g/mol. The number of nitrogens with one attached hydrogen (secondary N) is 1. The number of aromatic nitrogens is 2. The molecule has 7 nitrogen and oxygen atoms in total. The Hall–Kier alpha value is -0.930. The summed E-state index contributed by atoms with van der Waals surface area (Å²) in [5, 5.41) is 0.0119. The summed E-state index contributed by atoms with van der Waals surface area (Å²) < 4.78 is 49.6. The second kappa shape index (κ2) is 5.82. The highest BCUT2D eigenvalue weighted by Crippen LogP contribution is 2.24. The lowest BCUT2D eigenvalue weighted by atomic mass is 10.2. The summed E-state index contributed by atoms with van der Waals surface area (Å²) in [5.41, 5.74) is 0. The van der Waals surface area contributed by atoms with Crippen molar-refractivity contribution in [2.75, 3.05) is 18.1 Å². The molecule has 2 rings (SSSR count). The van der Waals surface area contributed by atoms with E-state index in [1.54, 1.807) is 0 Å². The molecule has 2 heterocycles. The fourth-order valence-electron chi connectivity index (χ4n) is 2.33. The smallest absolute Gasteiger partial charge is 0.260 e. The highest BCUT2D eigenvalue weighted by Gasteiger charge is 2.38. The molecule has 114 valence electrons. The third-order valence-corrected chi connectivity index (χ3v) is 7.04. The normalized spacial score (nSPS) is 22.4. The molecule has 1 fully saturated rings. The lowest BCUT2D eigenvalue weighted by Gasteiger charge is -2.26. The number of H-pyrrole nitrogens is 1. The molecule has 0 radical (unpaired) electrons. The fourth-order valence-corrected chi connectivity index (χ4v) is 5.74. The minimum Gasteiger partial charge on any atom is -0.335 e. The number of unbranched alkanes of at least 4 members (excludes halogenated alkanes) is 1. The number of rotatable bonds is 6. The van der Waals surface area contributed by atoms with Gasteiger partial charge >= 0.3 is 0 Å². The van der Waals surface area contributed by atoms with Crippen LogP contribution in [0.1, 0.15) is 26.2 Å². The summed E-state index contributed by atoms with van der Waals surface area (Å²) in [4.78, 5) is 6.32. The first-order chi connectivity index (χ1) is 9.37. The number of aromatic amines is 1. The lowest BCUT2D eigenvalue weighted by Crippen LogP contribution is -2.41. The molecular formula is C11H19N3O4S2. The standard InChI is InChI=1S/C11H19N3O4S2/c1-2-3-5-14(10-4-6-19(15,16)8-10)20(17,18)11-7-12-9-13-11/h7,9-10H,2-6,8H2,1H3,(H,12,13). The van der Waals surface area contributed by atoms with Crippen LogP contribution in [0.25, 0.3) is 0 Å². The molecule has 0 bridgehead atoms. The van der Waals surface area contributed by atoms with Gasteiger partial charge in [-0.3, -0.25) is 0 Å². The first kappa shape index (κ1) is 15.5. The van der Waals surface area contributed by atoms with E-state index in [-0.39, 0.29) is 16.5 Å². The van der Waals surface area contributed by atoms with Crippen LogP contribution in [0.2, 0.25) is 0 Å². The zero-order chi connectivity index (χ0) is 14.8. The number of imidazole rings is 1. The summed E-state index contributed by atoms with van der Waals surface area (Å²) >= 11 is 0. The van der Waals surface area contributed by atoms with E-state index < -0.39 is 25.9 Å². The Morgan fingerprint density at radius 1 is 1.50 bits per heavy atom. The van der Waals surface area contributed by atoms with Crippen LogP contribution in [0.5, 0.6) is 0 Å². The zero-order valence-corrected chi connectivity index (χ0v) is 13.0. The van der Waals surface area contributed by atoms with E-state index in [2.05, 4.69) is 9.97 Å². The quantitative estimate of drug-likeness (QED) is 0.817. The topological polar surface area (TPSA) is 100 Å². The average Bonchev–Trinajstić information content (AvgIpc) is 2.99. The van der Waals surface area contributed by atoms with Crippen molar-refractivity contribution >= 4 is 19.9 Å². The van der Waals surface area contributed by atoms with Crippen LogP contribution in [0, 0.1) is 0 Å². The predicted molar refractivity (Wildman–Crippen MR) is 74.4 cm³/mol. The Labute approximate surface area is 119 Å². The molecule has 0 aliphatic carbocycles. The van der Waals surface area contributed by atoms with Crippen molar-refractivity contribution in [3.8, 4) is 0 Å². The van der Waals surface area contributed by atoms with Crippen molar-refractivity contribution in [2.45, 2.75) is 37.3 Å². The van der Waals surface area contributed by atoms with Crippen LogP contribution < -0.4 is 0 Å². The van der Waals surface area contributed by atoms with Crippen molar-refractivity contribution < 1.29 is 16.8 Å². The van der Waals surface area contributed by atoms with Gasteiger partial charge in [-0.15, -0.1) is 0 Å². The minimum absolute atomic E-state index is 0.0119. The molecule has 0 amide bonds. The second-order valence-corrected chi connectivity index (χ2v) is 9.03. The number of sulfone groups is 1.